The van der Waals surface area contributed by atoms with E-state index in [0.29, 0.717) is 6.07 Å². The van der Waals surface area contributed by atoms with Gasteiger partial charge >= 0.3 is 0 Å². The van der Waals surface area contributed by atoms with Crippen molar-refractivity contribution in [3.05, 3.63) is 29.1 Å². The Balaban J connectivity index is 3.40. The lowest BCUT2D eigenvalue weighted by molar-refractivity contribution is 0.191. The van der Waals surface area contributed by atoms with Crippen LogP contribution in [0.1, 0.15) is 18.6 Å². The minimum absolute atomic E-state index is 0.430. The molecule has 78 valence electrons. The van der Waals surface area contributed by atoms with Gasteiger partial charge in [0.15, 0.2) is 17.4 Å². The maximum absolute atomic E-state index is 13.1. The SMILES string of the molecule is COc1c(F)cc(C(C)O)c(F)c1F. The predicted octanol–water partition coefficient (Wildman–Crippen LogP) is 2.17. The Morgan fingerprint density at radius 2 is 1.86 bits per heavy atom. The van der Waals surface area contributed by atoms with Crippen LogP contribution in [-0.2, 0) is 0 Å². The molecule has 1 unspecified atom stereocenters. The second kappa shape index (κ2) is 3.88. The molecule has 0 saturated carbocycles. The molecule has 1 rings (SSSR count). The van der Waals surface area contributed by atoms with Crippen molar-refractivity contribution in [2.75, 3.05) is 7.11 Å². The fourth-order valence-electron chi connectivity index (χ4n) is 1.09. The van der Waals surface area contributed by atoms with Gasteiger partial charge in [-0.1, -0.05) is 0 Å². The van der Waals surface area contributed by atoms with Crippen molar-refractivity contribution in [1.82, 2.24) is 0 Å². The van der Waals surface area contributed by atoms with E-state index in [2.05, 4.69) is 4.74 Å². The number of rotatable bonds is 2. The Morgan fingerprint density at radius 3 is 2.29 bits per heavy atom. The van der Waals surface area contributed by atoms with E-state index in [1.807, 2.05) is 0 Å². The maximum Gasteiger partial charge on any atom is 0.204 e. The van der Waals surface area contributed by atoms with Gasteiger partial charge in [0, 0.05) is 5.56 Å². The molecule has 14 heavy (non-hydrogen) atoms. The van der Waals surface area contributed by atoms with Gasteiger partial charge in [-0.2, -0.15) is 4.39 Å². The number of hydrogen-bond donors (Lipinski definition) is 1. The van der Waals surface area contributed by atoms with Gasteiger partial charge in [0.25, 0.3) is 0 Å². The van der Waals surface area contributed by atoms with Gasteiger partial charge in [0.1, 0.15) is 0 Å². The van der Waals surface area contributed by atoms with E-state index < -0.39 is 34.9 Å². The molecule has 0 spiro atoms. The Labute approximate surface area is 78.9 Å². The number of hydrogen-bond acceptors (Lipinski definition) is 2. The smallest absolute Gasteiger partial charge is 0.204 e. The molecule has 0 aliphatic rings. The van der Waals surface area contributed by atoms with Crippen molar-refractivity contribution in [3.8, 4) is 5.75 Å². The summed E-state index contributed by atoms with van der Waals surface area (Å²) < 4.78 is 43.5. The van der Waals surface area contributed by atoms with Crippen molar-refractivity contribution in [1.29, 1.82) is 0 Å². The van der Waals surface area contributed by atoms with Gasteiger partial charge in [-0.05, 0) is 13.0 Å². The van der Waals surface area contributed by atoms with Gasteiger partial charge in [-0.15, -0.1) is 0 Å². The first-order chi connectivity index (χ1) is 6.49. The zero-order valence-corrected chi connectivity index (χ0v) is 7.64. The summed E-state index contributed by atoms with van der Waals surface area (Å²) in [6.45, 7) is 1.21. The molecule has 1 N–H and O–H groups in total. The Morgan fingerprint density at radius 1 is 1.29 bits per heavy atom. The molecule has 0 radical (unpaired) electrons. The molecule has 5 heteroatoms. The quantitative estimate of drug-likeness (QED) is 0.751. The molecule has 0 aliphatic heterocycles. The second-order valence-corrected chi connectivity index (χ2v) is 2.78. The van der Waals surface area contributed by atoms with Crippen molar-refractivity contribution in [2.24, 2.45) is 0 Å². The number of halogens is 3. The first-order valence-electron chi connectivity index (χ1n) is 3.88. The standard InChI is InChI=1S/C9H9F3O2/c1-4(13)5-3-6(10)9(14-2)8(12)7(5)11/h3-4,13H,1-2H3. The Hall–Kier alpha value is -1.23. The molecule has 0 saturated heterocycles. The molecule has 2 nitrogen and oxygen atoms in total. The highest BCUT2D eigenvalue weighted by molar-refractivity contribution is 5.33. The van der Waals surface area contributed by atoms with Gasteiger partial charge in [-0.25, -0.2) is 8.78 Å². The number of ether oxygens (including phenoxy) is 1. The van der Waals surface area contributed by atoms with Crippen LogP contribution >= 0.6 is 0 Å². The molecule has 0 heterocycles. The number of aliphatic hydroxyl groups is 1. The highest BCUT2D eigenvalue weighted by Crippen LogP contribution is 2.29. The van der Waals surface area contributed by atoms with Gasteiger partial charge in [-0.3, -0.25) is 0 Å². The third-order valence-electron chi connectivity index (χ3n) is 1.80. The first-order valence-corrected chi connectivity index (χ1v) is 3.88. The van der Waals surface area contributed by atoms with E-state index in [0.717, 1.165) is 7.11 Å². The summed E-state index contributed by atoms with van der Waals surface area (Å²) in [4.78, 5) is 0. The molecule has 0 amide bonds. The minimum Gasteiger partial charge on any atom is -0.491 e. The first kappa shape index (κ1) is 10.8. The van der Waals surface area contributed by atoms with Crippen LogP contribution in [0.15, 0.2) is 6.07 Å². The average molecular weight is 206 g/mol. The van der Waals surface area contributed by atoms with Crippen molar-refractivity contribution >= 4 is 0 Å². The molecule has 0 fully saturated rings. The fraction of sp³-hybridized carbons (Fsp3) is 0.333. The molecule has 1 atom stereocenters. The van der Waals surface area contributed by atoms with Crippen LogP contribution < -0.4 is 4.74 Å². The summed E-state index contributed by atoms with van der Waals surface area (Å²) in [7, 11) is 1.03. The molecule has 0 aromatic heterocycles. The monoisotopic (exact) mass is 206 g/mol. The third kappa shape index (κ3) is 1.68. The van der Waals surface area contributed by atoms with Gasteiger partial charge in [0.2, 0.25) is 5.82 Å². The van der Waals surface area contributed by atoms with Gasteiger partial charge in [0.05, 0.1) is 13.2 Å². The topological polar surface area (TPSA) is 29.5 Å². The lowest BCUT2D eigenvalue weighted by Gasteiger charge is -2.10. The van der Waals surface area contributed by atoms with Crippen LogP contribution in [0.25, 0.3) is 0 Å². The normalized spacial score (nSPS) is 12.7. The zero-order valence-electron chi connectivity index (χ0n) is 7.64. The molecular weight excluding hydrogens is 197 g/mol. The molecule has 0 aliphatic carbocycles. The summed E-state index contributed by atoms with van der Waals surface area (Å²) >= 11 is 0. The summed E-state index contributed by atoms with van der Waals surface area (Å²) in [6.07, 6.45) is -1.27. The van der Waals surface area contributed by atoms with Crippen LogP contribution in [-0.4, -0.2) is 12.2 Å². The van der Waals surface area contributed by atoms with E-state index in [1.54, 1.807) is 0 Å². The Kier molecular flexibility index (Phi) is 3.00. The molecule has 0 bridgehead atoms. The van der Waals surface area contributed by atoms with Crippen molar-refractivity contribution in [3.63, 3.8) is 0 Å². The summed E-state index contributed by atoms with van der Waals surface area (Å²) in [6, 6.07) is 0.710. The largest absolute Gasteiger partial charge is 0.491 e. The van der Waals surface area contributed by atoms with E-state index in [4.69, 9.17) is 5.11 Å². The average Bonchev–Trinajstić information content (AvgIpc) is 2.12. The summed E-state index contributed by atoms with van der Waals surface area (Å²) in [5.74, 6) is -4.55. The Bertz CT molecular complexity index is 350. The van der Waals surface area contributed by atoms with Crippen LogP contribution in [0.5, 0.6) is 5.75 Å². The van der Waals surface area contributed by atoms with Crippen LogP contribution in [0.2, 0.25) is 0 Å². The number of benzene rings is 1. The van der Waals surface area contributed by atoms with Crippen LogP contribution in [0, 0.1) is 17.5 Å². The van der Waals surface area contributed by atoms with E-state index in [-0.39, 0.29) is 0 Å². The molecule has 1 aromatic carbocycles. The number of aliphatic hydroxyl groups excluding tert-OH is 1. The van der Waals surface area contributed by atoms with E-state index in [9.17, 15) is 13.2 Å². The van der Waals surface area contributed by atoms with Crippen molar-refractivity contribution in [2.45, 2.75) is 13.0 Å². The fourth-order valence-corrected chi connectivity index (χ4v) is 1.09. The van der Waals surface area contributed by atoms with E-state index in [1.165, 1.54) is 6.92 Å². The summed E-state index contributed by atoms with van der Waals surface area (Å²) in [5.41, 5.74) is -0.430. The lowest BCUT2D eigenvalue weighted by Crippen LogP contribution is -2.03. The van der Waals surface area contributed by atoms with Crippen LogP contribution in [0.3, 0.4) is 0 Å². The van der Waals surface area contributed by atoms with E-state index >= 15 is 0 Å². The third-order valence-corrected chi connectivity index (χ3v) is 1.80. The summed E-state index contributed by atoms with van der Waals surface area (Å²) in [5, 5.41) is 9.00. The highest BCUT2D eigenvalue weighted by Gasteiger charge is 2.21. The molecular formula is C9H9F3O2. The lowest BCUT2D eigenvalue weighted by atomic mass is 10.1. The highest BCUT2D eigenvalue weighted by atomic mass is 19.2. The number of methoxy groups -OCH3 is 1. The van der Waals surface area contributed by atoms with Crippen LogP contribution in [0.4, 0.5) is 13.2 Å². The predicted molar refractivity (Wildman–Crippen MR) is 43.5 cm³/mol. The zero-order chi connectivity index (χ0) is 10.9. The molecule has 1 aromatic rings. The van der Waals surface area contributed by atoms with Crippen molar-refractivity contribution < 1.29 is 23.0 Å². The maximum atomic E-state index is 13.1. The van der Waals surface area contributed by atoms with Gasteiger partial charge < -0.3 is 9.84 Å². The minimum atomic E-state index is -1.43. The second-order valence-electron chi connectivity index (χ2n) is 2.78.